The minimum atomic E-state index is -0.471. The Morgan fingerprint density at radius 2 is 1.83 bits per heavy atom. The van der Waals surface area contributed by atoms with E-state index >= 15 is 0 Å². The summed E-state index contributed by atoms with van der Waals surface area (Å²) >= 11 is 0. The molecule has 4 nitrogen and oxygen atoms in total. The van der Waals surface area contributed by atoms with Crippen LogP contribution in [0.15, 0.2) is 0 Å². The quantitative estimate of drug-likeness (QED) is 0.777. The zero-order valence-electron chi connectivity index (χ0n) is 12.8. The highest BCUT2D eigenvalue weighted by molar-refractivity contribution is 5.85. The van der Waals surface area contributed by atoms with Gasteiger partial charge in [-0.25, -0.2) is 0 Å². The van der Waals surface area contributed by atoms with Gasteiger partial charge in [0.05, 0.1) is 5.54 Å². The van der Waals surface area contributed by atoms with Crippen LogP contribution in [0.4, 0.5) is 0 Å². The highest BCUT2D eigenvalue weighted by Gasteiger charge is 2.42. The van der Waals surface area contributed by atoms with Crippen molar-refractivity contribution in [3.05, 3.63) is 0 Å². The van der Waals surface area contributed by atoms with E-state index in [4.69, 9.17) is 0 Å². The highest BCUT2D eigenvalue weighted by atomic mass is 16.2. The first-order valence-electron chi connectivity index (χ1n) is 6.93. The number of rotatable bonds is 6. The summed E-state index contributed by atoms with van der Waals surface area (Å²) in [4.78, 5) is 16.6. The molecule has 0 aromatic heterocycles. The topological polar surface area (TPSA) is 35.6 Å². The lowest BCUT2D eigenvalue weighted by molar-refractivity contribution is -0.138. The average Bonchev–Trinajstić information content (AvgIpc) is 2.21. The first-order valence-corrected chi connectivity index (χ1v) is 6.93. The van der Waals surface area contributed by atoms with Crippen LogP contribution in [0.1, 0.15) is 40.0 Å². The van der Waals surface area contributed by atoms with E-state index in [1.807, 2.05) is 32.7 Å². The van der Waals surface area contributed by atoms with E-state index in [0.29, 0.717) is 0 Å². The summed E-state index contributed by atoms with van der Waals surface area (Å²) in [7, 11) is 6.16. The van der Waals surface area contributed by atoms with Crippen molar-refractivity contribution in [2.45, 2.75) is 51.1 Å². The molecule has 1 fully saturated rings. The summed E-state index contributed by atoms with van der Waals surface area (Å²) in [6.45, 7) is 7.58. The summed E-state index contributed by atoms with van der Waals surface area (Å²) in [5, 5.41) is 3.25. The van der Waals surface area contributed by atoms with Crippen LogP contribution in [0.2, 0.25) is 0 Å². The molecule has 0 radical (unpaired) electrons. The summed E-state index contributed by atoms with van der Waals surface area (Å²) in [5.41, 5.74) is -0.270. The third-order valence-electron chi connectivity index (χ3n) is 4.26. The van der Waals surface area contributed by atoms with E-state index in [1.165, 1.54) is 19.3 Å². The van der Waals surface area contributed by atoms with Crippen molar-refractivity contribution in [1.82, 2.24) is 15.1 Å². The molecule has 0 aromatic rings. The lowest BCUT2D eigenvalue weighted by Crippen LogP contribution is -2.61. The van der Waals surface area contributed by atoms with E-state index in [0.717, 1.165) is 13.1 Å². The predicted molar refractivity (Wildman–Crippen MR) is 75.7 cm³/mol. The maximum Gasteiger partial charge on any atom is 0.242 e. The molecule has 0 bridgehead atoms. The summed E-state index contributed by atoms with van der Waals surface area (Å²) < 4.78 is 0. The second-order valence-corrected chi connectivity index (χ2v) is 6.29. The van der Waals surface area contributed by atoms with Gasteiger partial charge in [-0.3, -0.25) is 4.79 Å². The zero-order valence-corrected chi connectivity index (χ0v) is 12.8. The normalized spacial score (nSPS) is 18.6. The van der Waals surface area contributed by atoms with Crippen LogP contribution in [0.25, 0.3) is 0 Å². The first kappa shape index (κ1) is 15.4. The molecule has 0 aromatic carbocycles. The van der Waals surface area contributed by atoms with Gasteiger partial charge < -0.3 is 15.1 Å². The third-order valence-corrected chi connectivity index (χ3v) is 4.26. The Hall–Kier alpha value is -0.610. The fraction of sp³-hybridized carbons (Fsp3) is 0.929. The second kappa shape index (κ2) is 5.57. The van der Waals surface area contributed by atoms with Crippen LogP contribution in [0, 0.1) is 0 Å². The molecule has 1 aliphatic carbocycles. The van der Waals surface area contributed by atoms with E-state index in [2.05, 4.69) is 24.3 Å². The molecule has 1 saturated carbocycles. The van der Waals surface area contributed by atoms with E-state index in [-0.39, 0.29) is 11.4 Å². The Labute approximate surface area is 112 Å². The van der Waals surface area contributed by atoms with Gasteiger partial charge in [-0.05, 0) is 53.8 Å². The zero-order chi connectivity index (χ0) is 14.0. The molecule has 106 valence electrons. The number of carbonyl (C=O) groups excluding carboxylic acids is 1. The predicted octanol–water partition coefficient (Wildman–Crippen LogP) is 1.32. The van der Waals surface area contributed by atoms with Crippen molar-refractivity contribution in [1.29, 1.82) is 0 Å². The third kappa shape index (κ3) is 3.04. The van der Waals surface area contributed by atoms with E-state index in [1.54, 1.807) is 0 Å². The van der Waals surface area contributed by atoms with Crippen LogP contribution in [0.5, 0.6) is 0 Å². The minimum absolute atomic E-state index is 0.178. The first-order chi connectivity index (χ1) is 8.25. The van der Waals surface area contributed by atoms with Gasteiger partial charge in [-0.1, -0.05) is 6.92 Å². The molecule has 0 heterocycles. The Bertz CT molecular complexity index is 295. The van der Waals surface area contributed by atoms with Crippen molar-refractivity contribution in [3.63, 3.8) is 0 Å². The lowest BCUT2D eigenvalue weighted by atomic mass is 9.75. The molecule has 0 spiro atoms. The molecule has 0 saturated heterocycles. The second-order valence-electron chi connectivity index (χ2n) is 6.29. The van der Waals surface area contributed by atoms with Crippen LogP contribution < -0.4 is 5.32 Å². The fourth-order valence-electron chi connectivity index (χ4n) is 2.84. The van der Waals surface area contributed by atoms with Gasteiger partial charge in [0, 0.05) is 19.1 Å². The van der Waals surface area contributed by atoms with E-state index in [9.17, 15) is 4.79 Å². The van der Waals surface area contributed by atoms with Gasteiger partial charge >= 0.3 is 0 Å². The number of likely N-dealkylation sites (N-methyl/N-ethyl adjacent to an activating group) is 3. The van der Waals surface area contributed by atoms with Gasteiger partial charge in [0.1, 0.15) is 0 Å². The van der Waals surface area contributed by atoms with Gasteiger partial charge in [0.25, 0.3) is 0 Å². The molecule has 0 unspecified atom stereocenters. The Balaban J connectivity index is 2.65. The Morgan fingerprint density at radius 3 is 2.17 bits per heavy atom. The van der Waals surface area contributed by atoms with Gasteiger partial charge in [-0.15, -0.1) is 0 Å². The molecule has 1 amide bonds. The number of nitrogens with zero attached hydrogens (tertiary/aromatic N) is 2. The summed E-state index contributed by atoms with van der Waals surface area (Å²) in [6.07, 6.45) is 3.66. The summed E-state index contributed by atoms with van der Waals surface area (Å²) in [5.74, 6) is 0.178. The molecule has 4 heteroatoms. The summed E-state index contributed by atoms with van der Waals surface area (Å²) in [6, 6.07) is 0. The highest BCUT2D eigenvalue weighted by Crippen LogP contribution is 2.36. The van der Waals surface area contributed by atoms with Gasteiger partial charge in [0.2, 0.25) is 5.91 Å². The number of amides is 1. The smallest absolute Gasteiger partial charge is 0.242 e. The van der Waals surface area contributed by atoms with Gasteiger partial charge in [-0.2, -0.15) is 0 Å². The standard InChI is InChI=1S/C14H29N3O/c1-7-15-13(2,3)12(18)17(6)11-14(16(4)5)9-8-10-14/h15H,7-11H2,1-6H3. The van der Waals surface area contributed by atoms with Crippen molar-refractivity contribution >= 4 is 5.91 Å². The molecule has 0 atom stereocenters. The SMILES string of the molecule is CCNC(C)(C)C(=O)N(C)CC1(N(C)C)CCC1. The Morgan fingerprint density at radius 1 is 1.28 bits per heavy atom. The average molecular weight is 255 g/mol. The van der Waals surface area contributed by atoms with Crippen LogP contribution in [-0.2, 0) is 4.79 Å². The van der Waals surface area contributed by atoms with E-state index < -0.39 is 5.54 Å². The van der Waals surface area contributed by atoms with Crippen molar-refractivity contribution in [2.75, 3.05) is 34.2 Å². The van der Waals surface area contributed by atoms with Crippen molar-refractivity contribution < 1.29 is 4.79 Å². The number of hydrogen-bond donors (Lipinski definition) is 1. The van der Waals surface area contributed by atoms with Crippen LogP contribution in [-0.4, -0.2) is 61.0 Å². The minimum Gasteiger partial charge on any atom is -0.342 e. The number of hydrogen-bond acceptors (Lipinski definition) is 3. The molecule has 18 heavy (non-hydrogen) atoms. The van der Waals surface area contributed by atoms with Crippen molar-refractivity contribution in [3.8, 4) is 0 Å². The number of carbonyl (C=O) groups is 1. The fourth-order valence-corrected chi connectivity index (χ4v) is 2.84. The largest absolute Gasteiger partial charge is 0.342 e. The van der Waals surface area contributed by atoms with Crippen molar-refractivity contribution in [2.24, 2.45) is 0 Å². The molecular weight excluding hydrogens is 226 g/mol. The number of nitrogens with one attached hydrogen (secondary N) is 1. The lowest BCUT2D eigenvalue weighted by Gasteiger charge is -2.49. The molecule has 0 aliphatic heterocycles. The molecule has 1 aliphatic rings. The van der Waals surface area contributed by atoms with Gasteiger partial charge in [0.15, 0.2) is 0 Å². The monoisotopic (exact) mass is 255 g/mol. The van der Waals surface area contributed by atoms with Crippen LogP contribution in [0.3, 0.4) is 0 Å². The Kier molecular flexibility index (Phi) is 4.78. The molecule has 1 N–H and O–H groups in total. The maximum atomic E-state index is 12.4. The molecular formula is C14H29N3O. The maximum absolute atomic E-state index is 12.4. The molecule has 1 rings (SSSR count). The van der Waals surface area contributed by atoms with Crippen LogP contribution >= 0.6 is 0 Å².